The molecule has 1 saturated heterocycles. The Morgan fingerprint density at radius 3 is 2.25 bits per heavy atom. The largest absolute Gasteiger partial charge is 0.339 e. The summed E-state index contributed by atoms with van der Waals surface area (Å²) in [5, 5.41) is 0. The Balaban J connectivity index is 1.96. The number of amides is 2. The van der Waals surface area contributed by atoms with Crippen LogP contribution in [0, 0.1) is 13.8 Å². The van der Waals surface area contributed by atoms with Crippen LogP contribution in [0.15, 0.2) is 18.2 Å². The van der Waals surface area contributed by atoms with Gasteiger partial charge in [-0.2, -0.15) is 0 Å². The lowest BCUT2D eigenvalue weighted by Crippen LogP contribution is -2.50. The number of hydrogen-bond acceptors (Lipinski definition) is 2. The van der Waals surface area contributed by atoms with E-state index < -0.39 is 0 Å². The molecule has 20 heavy (non-hydrogen) atoms. The van der Waals surface area contributed by atoms with E-state index >= 15 is 0 Å². The number of nitrogens with zero attached hydrogens (tertiary/aromatic N) is 2. The molecule has 0 bridgehead atoms. The van der Waals surface area contributed by atoms with Crippen molar-refractivity contribution in [2.75, 3.05) is 26.2 Å². The minimum atomic E-state index is 0.0895. The smallest absolute Gasteiger partial charge is 0.227 e. The standard InChI is InChI=1S/C16H22N2O2/c1-12-4-5-13(2)15(10-12)11-16(20)18-8-6-17(7-9-18)14(3)19/h4-5,10H,6-9,11H2,1-3H3. The van der Waals surface area contributed by atoms with E-state index in [1.165, 1.54) is 5.56 Å². The summed E-state index contributed by atoms with van der Waals surface area (Å²) in [6.07, 6.45) is 0.452. The molecular weight excluding hydrogens is 252 g/mol. The van der Waals surface area contributed by atoms with E-state index in [0.29, 0.717) is 32.6 Å². The van der Waals surface area contributed by atoms with Gasteiger partial charge >= 0.3 is 0 Å². The zero-order valence-electron chi connectivity index (χ0n) is 12.5. The van der Waals surface area contributed by atoms with Crippen LogP contribution in [-0.4, -0.2) is 47.8 Å². The molecule has 4 nitrogen and oxygen atoms in total. The predicted molar refractivity (Wildman–Crippen MR) is 78.5 cm³/mol. The number of benzene rings is 1. The van der Waals surface area contributed by atoms with E-state index in [1.54, 1.807) is 11.8 Å². The molecule has 1 aliphatic rings. The Labute approximate surface area is 120 Å². The van der Waals surface area contributed by atoms with Crippen molar-refractivity contribution in [3.05, 3.63) is 34.9 Å². The summed E-state index contributed by atoms with van der Waals surface area (Å²) in [7, 11) is 0. The second-order valence-corrected chi connectivity index (χ2v) is 5.49. The average Bonchev–Trinajstić information content (AvgIpc) is 2.43. The van der Waals surface area contributed by atoms with Crippen molar-refractivity contribution >= 4 is 11.8 Å². The Hall–Kier alpha value is -1.84. The maximum Gasteiger partial charge on any atom is 0.227 e. The fraction of sp³-hybridized carbons (Fsp3) is 0.500. The van der Waals surface area contributed by atoms with Crippen LogP contribution >= 0.6 is 0 Å². The summed E-state index contributed by atoms with van der Waals surface area (Å²) in [5.41, 5.74) is 3.44. The molecule has 0 atom stereocenters. The van der Waals surface area contributed by atoms with E-state index in [2.05, 4.69) is 18.2 Å². The molecule has 2 amide bonds. The van der Waals surface area contributed by atoms with Crippen LogP contribution in [0.25, 0.3) is 0 Å². The van der Waals surface area contributed by atoms with Crippen molar-refractivity contribution in [3.8, 4) is 0 Å². The van der Waals surface area contributed by atoms with Crippen molar-refractivity contribution in [3.63, 3.8) is 0 Å². The first kappa shape index (κ1) is 14.6. The van der Waals surface area contributed by atoms with Crippen LogP contribution in [0.2, 0.25) is 0 Å². The zero-order valence-corrected chi connectivity index (χ0v) is 12.5. The quantitative estimate of drug-likeness (QED) is 0.820. The van der Waals surface area contributed by atoms with Crippen LogP contribution < -0.4 is 0 Å². The van der Waals surface area contributed by atoms with Gasteiger partial charge in [0.15, 0.2) is 0 Å². The molecule has 0 spiro atoms. The Bertz CT molecular complexity index is 517. The summed E-state index contributed by atoms with van der Waals surface area (Å²) in [4.78, 5) is 27.3. The highest BCUT2D eigenvalue weighted by atomic mass is 16.2. The SMILES string of the molecule is CC(=O)N1CCN(C(=O)Cc2cc(C)ccc2C)CC1. The minimum Gasteiger partial charge on any atom is -0.339 e. The summed E-state index contributed by atoms with van der Waals surface area (Å²) < 4.78 is 0. The average molecular weight is 274 g/mol. The molecule has 1 heterocycles. The molecule has 1 aliphatic heterocycles. The van der Waals surface area contributed by atoms with E-state index in [4.69, 9.17) is 0 Å². The highest BCUT2D eigenvalue weighted by Crippen LogP contribution is 2.13. The maximum atomic E-state index is 12.3. The highest BCUT2D eigenvalue weighted by Gasteiger charge is 2.22. The Kier molecular flexibility index (Phi) is 4.42. The third-order valence-electron chi connectivity index (χ3n) is 3.92. The Morgan fingerprint density at radius 2 is 1.65 bits per heavy atom. The number of piperazine rings is 1. The number of aryl methyl sites for hydroxylation is 2. The first-order chi connectivity index (χ1) is 9.47. The zero-order chi connectivity index (χ0) is 14.7. The molecule has 1 fully saturated rings. The van der Waals surface area contributed by atoms with Gasteiger partial charge in [-0.05, 0) is 25.0 Å². The van der Waals surface area contributed by atoms with Crippen molar-refractivity contribution < 1.29 is 9.59 Å². The fourth-order valence-corrected chi connectivity index (χ4v) is 2.54. The van der Waals surface area contributed by atoms with Crippen molar-refractivity contribution in [2.45, 2.75) is 27.2 Å². The van der Waals surface area contributed by atoms with Gasteiger partial charge in [0.25, 0.3) is 0 Å². The summed E-state index contributed by atoms with van der Waals surface area (Å²) in [6.45, 7) is 8.23. The van der Waals surface area contributed by atoms with E-state index in [0.717, 1.165) is 11.1 Å². The van der Waals surface area contributed by atoms with Crippen LogP contribution in [0.4, 0.5) is 0 Å². The van der Waals surface area contributed by atoms with E-state index in [-0.39, 0.29) is 11.8 Å². The third-order valence-corrected chi connectivity index (χ3v) is 3.92. The first-order valence-electron chi connectivity index (χ1n) is 7.07. The second kappa shape index (κ2) is 6.07. The lowest BCUT2D eigenvalue weighted by atomic mass is 10.0. The van der Waals surface area contributed by atoms with Gasteiger partial charge in [0.2, 0.25) is 11.8 Å². The predicted octanol–water partition coefficient (Wildman–Crippen LogP) is 1.54. The summed E-state index contributed by atoms with van der Waals surface area (Å²) >= 11 is 0. The molecule has 0 aromatic heterocycles. The topological polar surface area (TPSA) is 40.6 Å². The molecule has 0 saturated carbocycles. The van der Waals surface area contributed by atoms with Crippen LogP contribution in [0.3, 0.4) is 0 Å². The summed E-state index contributed by atoms with van der Waals surface area (Å²) in [6, 6.07) is 6.21. The minimum absolute atomic E-state index is 0.0895. The van der Waals surface area contributed by atoms with Gasteiger partial charge in [-0.25, -0.2) is 0 Å². The molecule has 0 unspecified atom stereocenters. The van der Waals surface area contributed by atoms with Gasteiger partial charge in [0.1, 0.15) is 0 Å². The van der Waals surface area contributed by atoms with Gasteiger partial charge in [-0.15, -0.1) is 0 Å². The number of carbonyl (C=O) groups is 2. The van der Waals surface area contributed by atoms with E-state index in [9.17, 15) is 9.59 Å². The van der Waals surface area contributed by atoms with Crippen molar-refractivity contribution in [1.82, 2.24) is 9.80 Å². The van der Waals surface area contributed by atoms with Gasteiger partial charge in [0, 0.05) is 33.1 Å². The molecule has 108 valence electrons. The lowest BCUT2D eigenvalue weighted by molar-refractivity contribution is -0.138. The molecule has 1 aromatic rings. The molecule has 4 heteroatoms. The first-order valence-corrected chi connectivity index (χ1v) is 7.07. The Morgan fingerprint density at radius 1 is 1.05 bits per heavy atom. The van der Waals surface area contributed by atoms with Crippen LogP contribution in [0.1, 0.15) is 23.6 Å². The molecular formula is C16H22N2O2. The van der Waals surface area contributed by atoms with Crippen LogP contribution in [0.5, 0.6) is 0 Å². The van der Waals surface area contributed by atoms with Crippen molar-refractivity contribution in [2.24, 2.45) is 0 Å². The molecule has 0 N–H and O–H groups in total. The van der Waals surface area contributed by atoms with Crippen LogP contribution in [-0.2, 0) is 16.0 Å². The number of hydrogen-bond donors (Lipinski definition) is 0. The normalized spacial score (nSPS) is 15.3. The van der Waals surface area contributed by atoms with Gasteiger partial charge in [-0.3, -0.25) is 9.59 Å². The highest BCUT2D eigenvalue weighted by molar-refractivity contribution is 5.80. The van der Waals surface area contributed by atoms with Gasteiger partial charge in [-0.1, -0.05) is 23.8 Å². The number of rotatable bonds is 2. The molecule has 0 aliphatic carbocycles. The van der Waals surface area contributed by atoms with Crippen molar-refractivity contribution in [1.29, 1.82) is 0 Å². The second-order valence-electron chi connectivity index (χ2n) is 5.49. The van der Waals surface area contributed by atoms with Gasteiger partial charge in [0.05, 0.1) is 6.42 Å². The van der Waals surface area contributed by atoms with Gasteiger partial charge < -0.3 is 9.80 Å². The number of carbonyl (C=O) groups excluding carboxylic acids is 2. The maximum absolute atomic E-state index is 12.3. The third kappa shape index (κ3) is 3.38. The fourth-order valence-electron chi connectivity index (χ4n) is 2.54. The molecule has 1 aromatic carbocycles. The molecule has 2 rings (SSSR count). The molecule has 0 radical (unpaired) electrons. The summed E-state index contributed by atoms with van der Waals surface area (Å²) in [5.74, 6) is 0.244. The lowest BCUT2D eigenvalue weighted by Gasteiger charge is -2.34. The van der Waals surface area contributed by atoms with E-state index in [1.807, 2.05) is 18.7 Å². The monoisotopic (exact) mass is 274 g/mol.